The van der Waals surface area contributed by atoms with E-state index in [0.717, 1.165) is 45.6 Å². The first-order valence-corrected chi connectivity index (χ1v) is 10.8. The lowest BCUT2D eigenvalue weighted by molar-refractivity contribution is -0.919. The highest BCUT2D eigenvalue weighted by atomic mass is 16.2. The quantitative estimate of drug-likeness (QED) is 0.780. The highest BCUT2D eigenvalue weighted by Gasteiger charge is 2.30. The minimum absolute atomic E-state index is 0.190. The monoisotopic (exact) mass is 379 g/mol. The lowest BCUT2D eigenvalue weighted by Crippen LogP contribution is -3.11. The minimum Gasteiger partial charge on any atom is -0.338 e. The van der Waals surface area contributed by atoms with Gasteiger partial charge in [-0.15, -0.1) is 0 Å². The lowest BCUT2D eigenvalue weighted by Gasteiger charge is -2.32. The molecule has 1 amide bonds. The zero-order valence-corrected chi connectivity index (χ0v) is 17.7. The molecular formula is C25H35N2O+. The van der Waals surface area contributed by atoms with Crippen LogP contribution in [0.4, 0.5) is 0 Å². The SMILES string of the molecule is CCN(Cc1ccccc1)C(=O)C1CC[NH+](Cc2ccc(C(C)C)cc2)CC1. The highest BCUT2D eigenvalue weighted by Crippen LogP contribution is 2.17. The number of carbonyl (C=O) groups is 1. The number of hydrogen-bond acceptors (Lipinski definition) is 1. The Morgan fingerprint density at radius 1 is 1.00 bits per heavy atom. The van der Waals surface area contributed by atoms with Crippen LogP contribution in [0.15, 0.2) is 54.6 Å². The third-order valence-electron chi connectivity index (χ3n) is 6.05. The molecule has 3 nitrogen and oxygen atoms in total. The van der Waals surface area contributed by atoms with Crippen LogP contribution in [0.5, 0.6) is 0 Å². The number of likely N-dealkylation sites (tertiary alicyclic amines) is 1. The minimum atomic E-state index is 0.190. The number of quaternary nitrogens is 1. The average Bonchev–Trinajstić information content (AvgIpc) is 2.73. The van der Waals surface area contributed by atoms with Gasteiger partial charge in [-0.3, -0.25) is 4.79 Å². The Labute approximate surface area is 170 Å². The fourth-order valence-corrected chi connectivity index (χ4v) is 4.17. The normalized spacial score (nSPS) is 19.6. The second-order valence-electron chi connectivity index (χ2n) is 8.44. The van der Waals surface area contributed by atoms with Crippen molar-refractivity contribution >= 4 is 5.91 Å². The van der Waals surface area contributed by atoms with E-state index in [0.29, 0.717) is 11.8 Å². The number of piperidine rings is 1. The summed E-state index contributed by atoms with van der Waals surface area (Å²) >= 11 is 0. The second-order valence-corrected chi connectivity index (χ2v) is 8.44. The van der Waals surface area contributed by atoms with E-state index in [1.807, 2.05) is 23.1 Å². The molecule has 0 atom stereocenters. The Morgan fingerprint density at radius 2 is 1.64 bits per heavy atom. The molecule has 3 heteroatoms. The maximum Gasteiger partial charge on any atom is 0.226 e. The summed E-state index contributed by atoms with van der Waals surface area (Å²) in [5, 5.41) is 0. The number of nitrogens with zero attached hydrogens (tertiary/aromatic N) is 1. The zero-order chi connectivity index (χ0) is 19.9. The molecule has 0 saturated carbocycles. The molecule has 1 aliphatic heterocycles. The van der Waals surface area contributed by atoms with Crippen LogP contribution in [-0.4, -0.2) is 30.4 Å². The summed E-state index contributed by atoms with van der Waals surface area (Å²) in [6.07, 6.45) is 2.01. The standard InChI is InChI=1S/C25H34N2O/c1-4-27(19-21-8-6-5-7-9-21)25(28)24-14-16-26(17-15-24)18-22-10-12-23(13-11-22)20(2)3/h5-13,20,24H,4,14-19H2,1-3H3/p+1. The molecule has 0 unspecified atom stereocenters. The Bertz CT molecular complexity index is 731. The van der Waals surface area contributed by atoms with Crippen molar-refractivity contribution in [1.82, 2.24) is 4.90 Å². The molecule has 2 aromatic carbocycles. The molecule has 0 bridgehead atoms. The van der Waals surface area contributed by atoms with Crippen LogP contribution in [0.25, 0.3) is 0 Å². The molecule has 3 rings (SSSR count). The number of carbonyl (C=O) groups excluding carboxylic acids is 1. The van der Waals surface area contributed by atoms with Gasteiger partial charge in [-0.25, -0.2) is 0 Å². The molecule has 2 aromatic rings. The van der Waals surface area contributed by atoms with Crippen LogP contribution < -0.4 is 4.90 Å². The number of amides is 1. The second kappa shape index (κ2) is 9.88. The van der Waals surface area contributed by atoms with Gasteiger partial charge in [-0.05, 0) is 24.0 Å². The number of nitrogens with one attached hydrogen (secondary N) is 1. The lowest BCUT2D eigenvalue weighted by atomic mass is 9.94. The van der Waals surface area contributed by atoms with Gasteiger partial charge < -0.3 is 9.80 Å². The Kier molecular flexibility index (Phi) is 7.27. The van der Waals surface area contributed by atoms with Crippen molar-refractivity contribution in [1.29, 1.82) is 0 Å². The van der Waals surface area contributed by atoms with Crippen molar-refractivity contribution in [2.75, 3.05) is 19.6 Å². The van der Waals surface area contributed by atoms with Crippen molar-refractivity contribution in [2.45, 2.75) is 52.6 Å². The van der Waals surface area contributed by atoms with E-state index in [4.69, 9.17) is 0 Å². The number of benzene rings is 2. The summed E-state index contributed by atoms with van der Waals surface area (Å²) in [5.74, 6) is 1.11. The Morgan fingerprint density at radius 3 is 2.21 bits per heavy atom. The smallest absolute Gasteiger partial charge is 0.226 e. The Hall–Kier alpha value is -2.13. The molecule has 1 fully saturated rings. The maximum absolute atomic E-state index is 13.0. The summed E-state index contributed by atoms with van der Waals surface area (Å²) < 4.78 is 0. The van der Waals surface area contributed by atoms with Gasteiger partial charge in [0.2, 0.25) is 5.91 Å². The summed E-state index contributed by atoms with van der Waals surface area (Å²) in [6.45, 7) is 11.3. The molecule has 28 heavy (non-hydrogen) atoms. The van der Waals surface area contributed by atoms with Gasteiger partial charge in [-0.2, -0.15) is 0 Å². The molecule has 1 aliphatic rings. The van der Waals surface area contributed by atoms with E-state index in [2.05, 4.69) is 57.2 Å². The molecule has 0 radical (unpaired) electrons. The first kappa shape index (κ1) is 20.6. The van der Waals surface area contributed by atoms with Gasteiger partial charge >= 0.3 is 0 Å². The van der Waals surface area contributed by atoms with E-state index in [1.54, 1.807) is 4.90 Å². The van der Waals surface area contributed by atoms with Crippen LogP contribution in [0, 0.1) is 5.92 Å². The molecule has 0 aliphatic carbocycles. The Balaban J connectivity index is 1.50. The molecule has 150 valence electrons. The first-order chi connectivity index (χ1) is 13.6. The van der Waals surface area contributed by atoms with E-state index >= 15 is 0 Å². The van der Waals surface area contributed by atoms with Gasteiger partial charge in [0, 0.05) is 37.4 Å². The molecular weight excluding hydrogens is 344 g/mol. The summed E-state index contributed by atoms with van der Waals surface area (Å²) in [4.78, 5) is 16.6. The van der Waals surface area contributed by atoms with Crippen LogP contribution in [0.2, 0.25) is 0 Å². The van der Waals surface area contributed by atoms with Crippen molar-refractivity contribution in [3.63, 3.8) is 0 Å². The molecule has 0 spiro atoms. The third-order valence-corrected chi connectivity index (χ3v) is 6.05. The van der Waals surface area contributed by atoms with E-state index in [9.17, 15) is 4.79 Å². The summed E-state index contributed by atoms with van der Waals surface area (Å²) in [5.41, 5.74) is 4.02. The molecule has 1 saturated heterocycles. The summed E-state index contributed by atoms with van der Waals surface area (Å²) in [6, 6.07) is 19.4. The van der Waals surface area contributed by atoms with Crippen LogP contribution >= 0.6 is 0 Å². The van der Waals surface area contributed by atoms with Crippen molar-refractivity contribution in [3.8, 4) is 0 Å². The zero-order valence-electron chi connectivity index (χ0n) is 17.7. The third kappa shape index (κ3) is 5.45. The molecule has 1 N–H and O–H groups in total. The van der Waals surface area contributed by atoms with Gasteiger partial charge in [-0.1, -0.05) is 68.4 Å². The van der Waals surface area contributed by atoms with E-state index < -0.39 is 0 Å². The predicted octanol–water partition coefficient (Wildman–Crippen LogP) is 3.65. The largest absolute Gasteiger partial charge is 0.338 e. The van der Waals surface area contributed by atoms with Crippen molar-refractivity contribution in [2.24, 2.45) is 5.92 Å². The maximum atomic E-state index is 13.0. The van der Waals surface area contributed by atoms with Crippen molar-refractivity contribution < 1.29 is 9.69 Å². The van der Waals surface area contributed by atoms with Crippen molar-refractivity contribution in [3.05, 3.63) is 71.3 Å². The van der Waals surface area contributed by atoms with E-state index in [-0.39, 0.29) is 5.92 Å². The van der Waals surface area contributed by atoms with E-state index in [1.165, 1.54) is 16.7 Å². The molecule has 0 aromatic heterocycles. The number of rotatable bonds is 7. The van der Waals surface area contributed by atoms with Gasteiger partial charge in [0.25, 0.3) is 0 Å². The van der Waals surface area contributed by atoms with Gasteiger partial charge in [0.05, 0.1) is 13.1 Å². The fraction of sp³-hybridized carbons (Fsp3) is 0.480. The van der Waals surface area contributed by atoms with Gasteiger partial charge in [0.15, 0.2) is 0 Å². The predicted molar refractivity (Wildman–Crippen MR) is 115 cm³/mol. The first-order valence-electron chi connectivity index (χ1n) is 10.8. The van der Waals surface area contributed by atoms with Crippen LogP contribution in [-0.2, 0) is 17.9 Å². The summed E-state index contributed by atoms with van der Waals surface area (Å²) in [7, 11) is 0. The topological polar surface area (TPSA) is 24.8 Å². The van der Waals surface area contributed by atoms with Crippen LogP contribution in [0.3, 0.4) is 0 Å². The van der Waals surface area contributed by atoms with Crippen LogP contribution in [0.1, 0.15) is 56.2 Å². The van der Waals surface area contributed by atoms with Gasteiger partial charge in [0.1, 0.15) is 6.54 Å². The fourth-order valence-electron chi connectivity index (χ4n) is 4.17. The number of hydrogen-bond donors (Lipinski definition) is 1. The highest BCUT2D eigenvalue weighted by molar-refractivity contribution is 5.78. The molecule has 1 heterocycles. The average molecular weight is 380 g/mol.